The molecule has 0 aliphatic carbocycles. The zero-order valence-electron chi connectivity index (χ0n) is 16.4. The summed E-state index contributed by atoms with van der Waals surface area (Å²) in [5.74, 6) is 1.80. The maximum atomic E-state index is 12.5. The Morgan fingerprint density at radius 2 is 2.04 bits per heavy atom. The smallest absolute Gasteiger partial charge is 0.239 e. The number of pyridine rings is 1. The van der Waals surface area contributed by atoms with Crippen LogP contribution in [0.4, 0.5) is 5.82 Å². The van der Waals surface area contributed by atoms with Gasteiger partial charge in [-0.2, -0.15) is 0 Å². The number of amides is 1. The average Bonchev–Trinajstić information content (AvgIpc) is 2.69. The van der Waals surface area contributed by atoms with Crippen molar-refractivity contribution < 1.29 is 4.79 Å². The van der Waals surface area contributed by atoms with E-state index in [9.17, 15) is 4.79 Å². The first-order valence-corrected chi connectivity index (χ1v) is 10.1. The Bertz CT molecular complexity index is 565. The minimum Gasteiger partial charge on any atom is -0.354 e. The molecule has 2 aliphatic rings. The van der Waals surface area contributed by atoms with E-state index in [0.29, 0.717) is 5.92 Å². The van der Waals surface area contributed by atoms with E-state index < -0.39 is 0 Å². The lowest BCUT2D eigenvalue weighted by molar-refractivity contribution is -0.134. The predicted molar refractivity (Wildman–Crippen MR) is 112 cm³/mol. The second-order valence-electron chi connectivity index (χ2n) is 7.66. The molecule has 2 fully saturated rings. The summed E-state index contributed by atoms with van der Waals surface area (Å²) >= 11 is 0. The van der Waals surface area contributed by atoms with E-state index in [4.69, 9.17) is 5.73 Å². The van der Waals surface area contributed by atoms with E-state index in [1.165, 1.54) is 6.42 Å². The van der Waals surface area contributed by atoms with Gasteiger partial charge in [0.25, 0.3) is 0 Å². The van der Waals surface area contributed by atoms with Crippen molar-refractivity contribution in [3.63, 3.8) is 0 Å². The van der Waals surface area contributed by atoms with Gasteiger partial charge in [0.05, 0.1) is 6.04 Å². The van der Waals surface area contributed by atoms with Crippen LogP contribution >= 0.6 is 12.4 Å². The minimum atomic E-state index is -0.319. The van der Waals surface area contributed by atoms with Gasteiger partial charge in [0.1, 0.15) is 5.82 Å². The topological polar surface area (TPSA) is 65.7 Å². The van der Waals surface area contributed by atoms with Gasteiger partial charge in [-0.05, 0) is 37.3 Å². The van der Waals surface area contributed by atoms with Crippen LogP contribution in [0.3, 0.4) is 0 Å². The molecule has 27 heavy (non-hydrogen) atoms. The lowest BCUT2D eigenvalue weighted by atomic mass is 9.96. The van der Waals surface area contributed by atoms with E-state index in [-0.39, 0.29) is 24.4 Å². The summed E-state index contributed by atoms with van der Waals surface area (Å²) in [4.78, 5) is 23.9. The number of halogens is 1. The van der Waals surface area contributed by atoms with Crippen LogP contribution in [-0.4, -0.2) is 72.5 Å². The minimum absolute atomic E-state index is 0. The molecule has 0 spiro atoms. The highest BCUT2D eigenvalue weighted by Crippen LogP contribution is 2.20. The van der Waals surface area contributed by atoms with Gasteiger partial charge in [0.2, 0.25) is 5.91 Å². The highest BCUT2D eigenvalue weighted by atomic mass is 35.5. The molecule has 7 heteroatoms. The molecule has 2 N–H and O–H groups in total. The molecule has 2 saturated heterocycles. The zero-order valence-corrected chi connectivity index (χ0v) is 17.2. The van der Waals surface area contributed by atoms with Crippen LogP contribution in [0, 0.1) is 5.92 Å². The number of piperidine rings is 1. The Hall–Kier alpha value is -1.37. The molecule has 3 rings (SSSR count). The largest absolute Gasteiger partial charge is 0.354 e. The van der Waals surface area contributed by atoms with Crippen LogP contribution in [0.1, 0.15) is 32.6 Å². The molecule has 2 unspecified atom stereocenters. The van der Waals surface area contributed by atoms with Crippen molar-refractivity contribution in [3.05, 3.63) is 24.4 Å². The Kier molecular flexibility index (Phi) is 8.80. The van der Waals surface area contributed by atoms with Crippen LogP contribution in [-0.2, 0) is 4.79 Å². The number of hydrogen-bond donors (Lipinski definition) is 1. The molecule has 1 aromatic heterocycles. The molecule has 6 nitrogen and oxygen atoms in total. The fourth-order valence-corrected chi connectivity index (χ4v) is 4.15. The lowest BCUT2D eigenvalue weighted by Gasteiger charge is -2.40. The molecule has 2 aliphatic heterocycles. The fraction of sp³-hybridized carbons (Fsp3) is 0.700. The van der Waals surface area contributed by atoms with Crippen molar-refractivity contribution in [1.29, 1.82) is 0 Å². The van der Waals surface area contributed by atoms with Crippen molar-refractivity contribution in [1.82, 2.24) is 14.8 Å². The van der Waals surface area contributed by atoms with E-state index in [1.807, 2.05) is 23.2 Å². The summed E-state index contributed by atoms with van der Waals surface area (Å²) in [6.07, 6.45) is 5.93. The second-order valence-corrected chi connectivity index (χ2v) is 7.66. The highest BCUT2D eigenvalue weighted by molar-refractivity contribution is 5.85. The Morgan fingerprint density at radius 3 is 2.70 bits per heavy atom. The van der Waals surface area contributed by atoms with Crippen molar-refractivity contribution in [2.45, 2.75) is 38.6 Å². The van der Waals surface area contributed by atoms with Crippen LogP contribution in [0.25, 0.3) is 0 Å². The third-order valence-corrected chi connectivity index (χ3v) is 5.61. The number of carbonyl (C=O) groups is 1. The quantitative estimate of drug-likeness (QED) is 0.797. The lowest BCUT2D eigenvalue weighted by Crippen LogP contribution is -2.52. The first-order valence-electron chi connectivity index (χ1n) is 10.1. The first kappa shape index (κ1) is 21.9. The number of nitrogens with zero attached hydrogens (tertiary/aromatic N) is 4. The van der Waals surface area contributed by atoms with Gasteiger partial charge in [0.15, 0.2) is 0 Å². The Balaban J connectivity index is 0.00000261. The molecule has 0 radical (unpaired) electrons. The summed E-state index contributed by atoms with van der Waals surface area (Å²) in [5, 5.41) is 0. The number of piperazine rings is 1. The Morgan fingerprint density at radius 1 is 1.26 bits per heavy atom. The zero-order chi connectivity index (χ0) is 18.4. The maximum Gasteiger partial charge on any atom is 0.239 e. The van der Waals surface area contributed by atoms with Gasteiger partial charge in [-0.3, -0.25) is 9.69 Å². The molecule has 1 amide bonds. The molecule has 152 valence electrons. The van der Waals surface area contributed by atoms with E-state index in [1.54, 1.807) is 0 Å². The predicted octanol–water partition coefficient (Wildman–Crippen LogP) is 1.99. The third kappa shape index (κ3) is 6.06. The van der Waals surface area contributed by atoms with Gasteiger partial charge in [-0.15, -0.1) is 12.4 Å². The highest BCUT2D eigenvalue weighted by Gasteiger charge is 2.28. The van der Waals surface area contributed by atoms with E-state index in [2.05, 4.69) is 27.8 Å². The fourth-order valence-electron chi connectivity index (χ4n) is 4.15. The summed E-state index contributed by atoms with van der Waals surface area (Å²) in [5.41, 5.74) is 6.05. The van der Waals surface area contributed by atoms with Crippen molar-refractivity contribution in [2.75, 3.05) is 50.7 Å². The number of rotatable bonds is 6. The number of hydrogen-bond acceptors (Lipinski definition) is 5. The van der Waals surface area contributed by atoms with E-state index >= 15 is 0 Å². The van der Waals surface area contributed by atoms with Gasteiger partial charge in [-0.25, -0.2) is 4.98 Å². The number of aromatic nitrogens is 1. The average molecular weight is 396 g/mol. The summed E-state index contributed by atoms with van der Waals surface area (Å²) < 4.78 is 0. The van der Waals surface area contributed by atoms with Crippen molar-refractivity contribution in [2.24, 2.45) is 11.7 Å². The van der Waals surface area contributed by atoms with Gasteiger partial charge < -0.3 is 15.5 Å². The van der Waals surface area contributed by atoms with Crippen LogP contribution in [0.5, 0.6) is 0 Å². The number of anilines is 1. The standard InChI is InChI=1S/C20H33N5O.ClH/c1-2-6-18(21)20(26)25-10-5-7-17(16-25)15-23-11-13-24(14-12-23)19-8-3-4-9-22-19;/h3-4,8-9,17-18H,2,5-7,10-16,21H2,1H3;1H. The normalized spacial score (nSPS) is 22.2. The molecule has 0 saturated carbocycles. The molecule has 0 bridgehead atoms. The Labute approximate surface area is 169 Å². The number of likely N-dealkylation sites (tertiary alicyclic amines) is 1. The monoisotopic (exact) mass is 395 g/mol. The number of carbonyl (C=O) groups excluding carboxylic acids is 1. The molecule has 1 aromatic rings. The van der Waals surface area contributed by atoms with Crippen LogP contribution < -0.4 is 10.6 Å². The molecule has 0 aromatic carbocycles. The maximum absolute atomic E-state index is 12.5. The first-order chi connectivity index (χ1) is 12.7. The summed E-state index contributed by atoms with van der Waals surface area (Å²) in [6, 6.07) is 5.77. The van der Waals surface area contributed by atoms with Gasteiger partial charge >= 0.3 is 0 Å². The molecule has 2 atom stereocenters. The molecular weight excluding hydrogens is 362 g/mol. The van der Waals surface area contributed by atoms with Crippen LogP contribution in [0.2, 0.25) is 0 Å². The van der Waals surface area contributed by atoms with Crippen molar-refractivity contribution in [3.8, 4) is 0 Å². The van der Waals surface area contributed by atoms with Crippen molar-refractivity contribution >= 4 is 24.1 Å². The van der Waals surface area contributed by atoms with Crippen LogP contribution in [0.15, 0.2) is 24.4 Å². The summed E-state index contributed by atoms with van der Waals surface area (Å²) in [6.45, 7) is 9.09. The number of nitrogens with two attached hydrogens (primary N) is 1. The SMILES string of the molecule is CCCC(N)C(=O)N1CCCC(CN2CCN(c3ccccn3)CC2)C1.Cl. The summed E-state index contributed by atoms with van der Waals surface area (Å²) in [7, 11) is 0. The molecule has 3 heterocycles. The van der Waals surface area contributed by atoms with Gasteiger partial charge in [-0.1, -0.05) is 19.4 Å². The van der Waals surface area contributed by atoms with E-state index in [0.717, 1.165) is 70.9 Å². The third-order valence-electron chi connectivity index (χ3n) is 5.61. The van der Waals surface area contributed by atoms with Gasteiger partial charge in [0, 0.05) is 52.0 Å². The molecular formula is C20H34ClN5O. The second kappa shape index (κ2) is 10.8.